The van der Waals surface area contributed by atoms with Gasteiger partial charge in [0.25, 0.3) is 0 Å². The second-order valence-corrected chi connectivity index (χ2v) is 19.2. The van der Waals surface area contributed by atoms with Gasteiger partial charge >= 0.3 is 0 Å². The minimum atomic E-state index is -0.961. The van der Waals surface area contributed by atoms with E-state index >= 15 is 0 Å². The first kappa shape index (κ1) is 61.3. The molecule has 0 heterocycles. The average Bonchev–Trinajstić information content (AvgIpc) is 3.28. The van der Waals surface area contributed by atoms with Gasteiger partial charge in [-0.2, -0.15) is 0 Å². The number of hydrogen-bond acceptors (Lipinski definition) is 4. The molecule has 0 aromatic carbocycles. The van der Waals surface area contributed by atoms with Crippen LogP contribution in [0.5, 0.6) is 0 Å². The summed E-state index contributed by atoms with van der Waals surface area (Å²) >= 11 is 0. The summed E-state index contributed by atoms with van der Waals surface area (Å²) < 4.78 is 0. The van der Waals surface area contributed by atoms with Gasteiger partial charge in [-0.05, 0) is 70.6 Å². The Morgan fingerprint density at radius 1 is 0.397 bits per heavy atom. The van der Waals surface area contributed by atoms with Crippen LogP contribution in [0.25, 0.3) is 0 Å². The van der Waals surface area contributed by atoms with Crippen LogP contribution in [-0.2, 0) is 4.79 Å². The molecule has 0 bridgehead atoms. The molecule has 3 atom stereocenters. The Balaban J connectivity index is 3.58. The van der Waals surface area contributed by atoms with Gasteiger partial charge in [-0.1, -0.05) is 262 Å². The first-order chi connectivity index (χ1) is 31.0. The van der Waals surface area contributed by atoms with Crippen LogP contribution >= 0.6 is 0 Å². The predicted octanol–water partition coefficient (Wildman–Crippen LogP) is 17.2. The smallest absolute Gasteiger partial charge is 0.222 e. The van der Waals surface area contributed by atoms with Gasteiger partial charge in [-0.3, -0.25) is 4.79 Å². The number of carbonyl (C=O) groups excluding carboxylic acids is 1. The maximum absolute atomic E-state index is 12.5. The van der Waals surface area contributed by atoms with Crippen molar-refractivity contribution in [2.24, 2.45) is 0 Å². The van der Waals surface area contributed by atoms with E-state index in [-0.39, 0.29) is 18.9 Å². The number of nitrogens with one attached hydrogen (secondary N) is 1. The first-order valence-electron chi connectivity index (χ1n) is 27.9. The quantitative estimate of drug-likeness (QED) is 0.0362. The molecule has 0 aliphatic rings. The Morgan fingerprint density at radius 2 is 0.683 bits per heavy atom. The lowest BCUT2D eigenvalue weighted by molar-refractivity contribution is -0.124. The number of aliphatic hydroxyl groups excluding tert-OH is 3. The van der Waals surface area contributed by atoms with Gasteiger partial charge in [-0.25, -0.2) is 0 Å². The second kappa shape index (κ2) is 52.9. The molecule has 0 fully saturated rings. The topological polar surface area (TPSA) is 89.8 Å². The summed E-state index contributed by atoms with van der Waals surface area (Å²) in [5.41, 5.74) is 0. The van der Waals surface area contributed by atoms with Crippen molar-refractivity contribution >= 4 is 5.91 Å². The van der Waals surface area contributed by atoms with E-state index in [0.717, 1.165) is 38.5 Å². The first-order valence-corrected chi connectivity index (χ1v) is 27.9. The van der Waals surface area contributed by atoms with Crippen LogP contribution < -0.4 is 5.32 Å². The highest BCUT2D eigenvalue weighted by Gasteiger charge is 2.20. The molecule has 0 aliphatic carbocycles. The molecular formula is C58H109NO4. The summed E-state index contributed by atoms with van der Waals surface area (Å²) in [5, 5.41) is 33.4. The number of aliphatic hydroxyl groups is 3. The van der Waals surface area contributed by atoms with Gasteiger partial charge in [-0.15, -0.1) is 0 Å². The van der Waals surface area contributed by atoms with Gasteiger partial charge in [0.2, 0.25) is 5.91 Å². The van der Waals surface area contributed by atoms with Crippen molar-refractivity contribution in [1.29, 1.82) is 0 Å². The SMILES string of the molecule is CCCCCCCCCC/C=C/CC/C=C/CC/C=C/C(O)C(CO)NC(=O)CC(O)CCCCCCCCCCCCCCCC/C=C\CCCCCCCCCCCCCC. The highest BCUT2D eigenvalue weighted by Crippen LogP contribution is 2.17. The van der Waals surface area contributed by atoms with Crippen molar-refractivity contribution < 1.29 is 20.1 Å². The van der Waals surface area contributed by atoms with Crippen LogP contribution in [0.4, 0.5) is 0 Å². The van der Waals surface area contributed by atoms with Crippen LogP contribution in [0.3, 0.4) is 0 Å². The molecule has 0 aromatic rings. The maximum atomic E-state index is 12.5. The Hall–Kier alpha value is -1.69. The van der Waals surface area contributed by atoms with Crippen molar-refractivity contribution in [3.05, 3.63) is 48.6 Å². The van der Waals surface area contributed by atoms with E-state index in [4.69, 9.17) is 0 Å². The molecule has 0 saturated carbocycles. The molecule has 63 heavy (non-hydrogen) atoms. The lowest BCUT2D eigenvalue weighted by atomic mass is 10.0. The van der Waals surface area contributed by atoms with E-state index in [0.29, 0.717) is 6.42 Å². The van der Waals surface area contributed by atoms with E-state index < -0.39 is 18.2 Å². The zero-order chi connectivity index (χ0) is 45.8. The average molecular weight is 885 g/mol. The van der Waals surface area contributed by atoms with E-state index in [9.17, 15) is 20.1 Å². The van der Waals surface area contributed by atoms with E-state index in [1.54, 1.807) is 6.08 Å². The summed E-state index contributed by atoms with van der Waals surface area (Å²) in [6.07, 6.45) is 70.2. The van der Waals surface area contributed by atoms with Crippen molar-refractivity contribution in [2.75, 3.05) is 6.61 Å². The summed E-state index contributed by atoms with van der Waals surface area (Å²) in [7, 11) is 0. The lowest BCUT2D eigenvalue weighted by Crippen LogP contribution is -2.45. The number of allylic oxidation sites excluding steroid dienone is 7. The molecule has 0 radical (unpaired) electrons. The molecule has 0 aliphatic heterocycles. The third-order valence-electron chi connectivity index (χ3n) is 12.8. The molecule has 5 nitrogen and oxygen atoms in total. The number of hydrogen-bond donors (Lipinski definition) is 4. The van der Waals surface area contributed by atoms with Crippen LogP contribution in [0.1, 0.15) is 290 Å². The summed E-state index contributed by atoms with van der Waals surface area (Å²) in [5.74, 6) is -0.327. The van der Waals surface area contributed by atoms with Crippen molar-refractivity contribution in [1.82, 2.24) is 5.32 Å². The fourth-order valence-corrected chi connectivity index (χ4v) is 8.55. The van der Waals surface area contributed by atoms with Gasteiger partial charge in [0.1, 0.15) is 0 Å². The lowest BCUT2D eigenvalue weighted by Gasteiger charge is -2.21. The standard InChI is InChI=1S/C58H109NO4/c1-3-5-7-9-11-13-15-17-19-21-23-24-25-26-27-28-29-30-31-32-33-34-35-37-39-41-43-45-47-49-51-55(61)53-58(63)59-56(54-60)57(62)52-50-48-46-44-42-40-38-36-22-20-18-16-14-12-10-8-6-4-2/h22,26-27,36,42,44,50,52,55-57,60-62H,3-21,23-25,28-35,37-41,43,45-49,51,53-54H2,1-2H3,(H,59,63)/b27-26-,36-22+,44-42+,52-50+. The van der Waals surface area contributed by atoms with Gasteiger partial charge < -0.3 is 20.6 Å². The van der Waals surface area contributed by atoms with Gasteiger partial charge in [0.15, 0.2) is 0 Å². The maximum Gasteiger partial charge on any atom is 0.222 e. The number of rotatable bonds is 51. The highest BCUT2D eigenvalue weighted by atomic mass is 16.3. The molecule has 0 spiro atoms. The zero-order valence-electron chi connectivity index (χ0n) is 42.2. The van der Waals surface area contributed by atoms with Crippen LogP contribution in [0.15, 0.2) is 48.6 Å². The van der Waals surface area contributed by atoms with Crippen LogP contribution in [0.2, 0.25) is 0 Å². The molecule has 0 aromatic heterocycles. The molecule has 1 amide bonds. The summed E-state index contributed by atoms with van der Waals surface area (Å²) in [6.45, 7) is 4.22. The van der Waals surface area contributed by atoms with E-state index in [1.165, 1.54) is 225 Å². The Bertz CT molecular complexity index is 1020. The minimum Gasteiger partial charge on any atom is -0.394 e. The fraction of sp³-hybridized carbons (Fsp3) is 0.845. The van der Waals surface area contributed by atoms with Crippen LogP contribution in [0, 0.1) is 0 Å². The Kier molecular flexibility index (Phi) is 51.5. The third-order valence-corrected chi connectivity index (χ3v) is 12.8. The molecule has 5 heteroatoms. The molecule has 0 rings (SSSR count). The largest absolute Gasteiger partial charge is 0.394 e. The molecular weight excluding hydrogens is 775 g/mol. The highest BCUT2D eigenvalue weighted by molar-refractivity contribution is 5.76. The normalized spacial score (nSPS) is 13.7. The number of amides is 1. The molecule has 370 valence electrons. The fourth-order valence-electron chi connectivity index (χ4n) is 8.55. The Morgan fingerprint density at radius 3 is 1.02 bits per heavy atom. The van der Waals surface area contributed by atoms with Crippen molar-refractivity contribution in [2.45, 2.75) is 308 Å². The summed E-state index contributed by atoms with van der Waals surface area (Å²) in [6, 6.07) is -0.768. The van der Waals surface area contributed by atoms with E-state index in [1.807, 2.05) is 6.08 Å². The number of carbonyl (C=O) groups is 1. The predicted molar refractivity (Wildman–Crippen MR) is 277 cm³/mol. The molecule has 0 saturated heterocycles. The Labute approximate surface area is 393 Å². The van der Waals surface area contributed by atoms with Crippen molar-refractivity contribution in [3.63, 3.8) is 0 Å². The van der Waals surface area contributed by atoms with Crippen LogP contribution in [-0.4, -0.2) is 46.1 Å². The number of unbranched alkanes of at least 4 members (excludes halogenated alkanes) is 36. The van der Waals surface area contributed by atoms with Gasteiger partial charge in [0.05, 0.1) is 31.3 Å². The van der Waals surface area contributed by atoms with E-state index in [2.05, 4.69) is 55.6 Å². The van der Waals surface area contributed by atoms with Crippen molar-refractivity contribution in [3.8, 4) is 0 Å². The molecule has 4 N–H and O–H groups in total. The molecule has 3 unspecified atom stereocenters. The van der Waals surface area contributed by atoms with Gasteiger partial charge in [0, 0.05) is 0 Å². The minimum absolute atomic E-state index is 0.00300. The monoisotopic (exact) mass is 884 g/mol. The zero-order valence-corrected chi connectivity index (χ0v) is 42.2. The summed E-state index contributed by atoms with van der Waals surface area (Å²) in [4.78, 5) is 12.5. The third kappa shape index (κ3) is 49.6. The second-order valence-electron chi connectivity index (χ2n) is 19.2.